The van der Waals surface area contributed by atoms with Crippen LogP contribution < -0.4 is 76.9 Å². The Balaban J connectivity index is 0.000000234. The lowest BCUT2D eigenvalue weighted by Crippen LogP contribution is -2.57. The summed E-state index contributed by atoms with van der Waals surface area (Å²) in [5.74, 6) is -14.5. The Morgan fingerprint density at radius 1 is 0.482 bits per heavy atom. The van der Waals surface area contributed by atoms with Gasteiger partial charge in [0, 0.05) is 126 Å². The molecule has 10 heterocycles. The molecule has 9 aromatic rings. The minimum Gasteiger partial charge on any atom is -0.370 e. The highest BCUT2D eigenvalue weighted by molar-refractivity contribution is 7.16. The molecule has 4 fully saturated rings. The zero-order valence-corrected chi connectivity index (χ0v) is 79.4. The molecule has 14 rings (SSSR count). The lowest BCUT2D eigenvalue weighted by molar-refractivity contribution is -0.145. The molecule has 4 aliphatic heterocycles. The van der Waals surface area contributed by atoms with Gasteiger partial charge >= 0.3 is 0 Å². The van der Waals surface area contributed by atoms with Crippen molar-refractivity contribution in [1.29, 1.82) is 0 Å². The minimum absolute atomic E-state index is 0.00942. The number of nitrogens with zero attached hydrogens (tertiary/aromatic N) is 8. The number of hydrogen-bond acceptors (Lipinski definition) is 24. The molecule has 0 bridgehead atoms. The largest absolute Gasteiger partial charge is 0.370 e. The first-order valence-corrected chi connectivity index (χ1v) is 48.6. The summed E-state index contributed by atoms with van der Waals surface area (Å²) in [5.41, 5.74) is 42.0. The molecular weight excluding hydrogens is 1820 g/mol. The molecule has 16 atom stereocenters. The fourth-order valence-corrected chi connectivity index (χ4v) is 19.9. The quantitative estimate of drug-likeness (QED) is 0.0517. The Morgan fingerprint density at radius 3 is 1.37 bits per heavy atom. The lowest BCUT2D eigenvalue weighted by Gasteiger charge is -2.32. The first-order valence-electron chi connectivity index (χ1n) is 46.9. The fourth-order valence-electron chi connectivity index (χ4n) is 18.1. The summed E-state index contributed by atoms with van der Waals surface area (Å²) < 4.78 is 3.22. The Morgan fingerprint density at radius 2 is 0.928 bits per heavy atom. The maximum atomic E-state index is 15.2. The fraction of sp³-hybridized carbons (Fsp3) is 0.443. The molecule has 0 saturated carbocycles. The van der Waals surface area contributed by atoms with Gasteiger partial charge in [-0.3, -0.25) is 76.7 Å². The third kappa shape index (κ3) is 26.2. The maximum Gasteiger partial charge on any atom is 0.243 e. The van der Waals surface area contributed by atoms with Crippen molar-refractivity contribution in [1.82, 2.24) is 92.3 Å². The van der Waals surface area contributed by atoms with Gasteiger partial charge in [-0.2, -0.15) is 0 Å². The number of benzene rings is 3. The number of para-hydroxylation sites is 2. The van der Waals surface area contributed by atoms with Crippen molar-refractivity contribution in [3.8, 4) is 32.3 Å². The number of Topliss-reactive ketones (excluding diaryl/α,β-unsaturated/α-hetero) is 2. The summed E-state index contributed by atoms with van der Waals surface area (Å²) in [6, 6.07) is 16.6. The van der Waals surface area contributed by atoms with Crippen LogP contribution >= 0.6 is 22.7 Å². The van der Waals surface area contributed by atoms with E-state index in [-0.39, 0.29) is 64.7 Å². The predicted octanol–water partition coefficient (Wildman–Crippen LogP) is 3.66. The van der Waals surface area contributed by atoms with Gasteiger partial charge in [-0.25, -0.2) is 9.36 Å². The first kappa shape index (κ1) is 102. The third-order valence-corrected chi connectivity index (χ3v) is 28.6. The number of fused-ring (bicyclic) bond motifs is 4. The molecule has 22 N–H and O–H groups in total. The number of aromatic amines is 2. The van der Waals surface area contributed by atoms with E-state index in [2.05, 4.69) is 85.3 Å². The molecule has 0 radical (unpaired) electrons. The van der Waals surface area contributed by atoms with Crippen LogP contribution in [-0.4, -0.2) is 231 Å². The summed E-state index contributed by atoms with van der Waals surface area (Å²) >= 11 is 3.19. The molecule has 3 aromatic carbocycles. The number of amides is 14. The van der Waals surface area contributed by atoms with Crippen LogP contribution in [0.5, 0.6) is 0 Å². The highest BCUT2D eigenvalue weighted by atomic mass is 32.1. The zero-order valence-electron chi connectivity index (χ0n) is 77.7. The molecule has 6 aromatic heterocycles. The summed E-state index contributed by atoms with van der Waals surface area (Å²) in [7, 11) is 0. The van der Waals surface area contributed by atoms with Crippen molar-refractivity contribution in [3.05, 3.63) is 161 Å². The average Bonchev–Trinajstić information content (AvgIpc) is 1.64. The van der Waals surface area contributed by atoms with Crippen molar-refractivity contribution in [2.75, 3.05) is 26.2 Å². The van der Waals surface area contributed by atoms with Gasteiger partial charge in [0.05, 0.1) is 79.2 Å². The van der Waals surface area contributed by atoms with E-state index in [1.54, 1.807) is 70.7 Å². The van der Waals surface area contributed by atoms with Crippen molar-refractivity contribution < 1.29 is 76.7 Å². The highest BCUT2D eigenvalue weighted by Crippen LogP contribution is 2.39. The molecular formula is C97H120N24O16S2. The average molecular weight is 1940 g/mol. The number of rotatable bonds is 20. The van der Waals surface area contributed by atoms with E-state index in [4.69, 9.17) is 34.4 Å². The lowest BCUT2D eigenvalue weighted by atomic mass is 9.84. The molecule has 0 spiro atoms. The second-order valence-electron chi connectivity index (χ2n) is 36.3. The van der Waals surface area contributed by atoms with Crippen molar-refractivity contribution >= 4 is 144 Å². The van der Waals surface area contributed by atoms with Gasteiger partial charge in [-0.05, 0) is 115 Å². The summed E-state index contributed by atoms with van der Waals surface area (Å²) in [4.78, 5) is 232. The number of thiophene rings is 2. The predicted molar refractivity (Wildman–Crippen MR) is 518 cm³/mol. The highest BCUT2D eigenvalue weighted by Gasteiger charge is 2.49. The summed E-state index contributed by atoms with van der Waals surface area (Å²) in [6.45, 7) is 7.46. The smallest absolute Gasteiger partial charge is 0.243 e. The van der Waals surface area contributed by atoms with E-state index in [0.717, 1.165) is 54.0 Å². The Bertz CT molecular complexity index is 6080. The molecule has 1 aliphatic carbocycles. The second kappa shape index (κ2) is 47.2. The minimum atomic E-state index is -1.47. The zero-order chi connectivity index (χ0) is 99.4. The second-order valence-corrected chi connectivity index (χ2v) is 38.3. The number of H-pyrrole nitrogens is 2. The van der Waals surface area contributed by atoms with Crippen molar-refractivity contribution in [2.45, 2.75) is 222 Å². The van der Waals surface area contributed by atoms with Crippen LogP contribution in [0.25, 0.3) is 59.6 Å². The molecule has 40 nitrogen and oxygen atoms in total. The van der Waals surface area contributed by atoms with Gasteiger partial charge in [-0.1, -0.05) is 136 Å². The van der Waals surface area contributed by atoms with Crippen LogP contribution in [0, 0.1) is 23.7 Å². The number of aromatic nitrogens is 8. The van der Waals surface area contributed by atoms with Gasteiger partial charge in [0.1, 0.15) is 47.6 Å². The Hall–Kier alpha value is -14.3. The van der Waals surface area contributed by atoms with Crippen LogP contribution in [0.1, 0.15) is 165 Å². The number of ketones is 2. The number of carbonyl (C=O) groups is 16. The Kier molecular flexibility index (Phi) is 34.7. The number of primary amides is 4. The third-order valence-electron chi connectivity index (χ3n) is 26.5. The van der Waals surface area contributed by atoms with E-state index >= 15 is 9.59 Å². The number of carbonyl (C=O) groups excluding carboxylic acids is 16. The van der Waals surface area contributed by atoms with E-state index < -0.39 is 229 Å². The number of allylic oxidation sites excluding steroid dienone is 4. The van der Waals surface area contributed by atoms with E-state index in [1.165, 1.54) is 15.4 Å². The SMILES string of the molecule is CC[C@H](C)[C@@H]1CC(=O)[C@H](CC(N)=O)NC(=O)[C@@H](N)CC(=O)NCCCC[C@@H](C(N)=O)NC(=O)[C@H](Cc2c[nH]c3ccccc23)NC(=O)[C@@H]2C[C@H](n3cc(-c4ccc(-c5cccs5)cc4)nn3)CN2C1=O.CC[C@H](C)[C@@H]1CC(=O)[C@H](CC(N)=O)NC(=O)[C@@H](N)CC(=O)NCCCC[C@@H](C(N)=O)NC(=O)[C@H](Cc2c[nH]c3ccccc23)NC(=O)[C@@H]2C[C@H](n3cc(-c4ccc(C5=CC=CC5)s4)nn3)CN2C1=O. The topological polar surface area (TPSA) is 625 Å². The van der Waals surface area contributed by atoms with Crippen LogP contribution in [0.2, 0.25) is 0 Å². The molecule has 736 valence electrons. The number of nitrogens with two attached hydrogens (primary N) is 6. The summed E-state index contributed by atoms with van der Waals surface area (Å²) in [5, 5.41) is 43.1. The summed E-state index contributed by atoms with van der Waals surface area (Å²) in [6.07, 6.45) is 13.5. The van der Waals surface area contributed by atoms with Gasteiger partial charge < -0.3 is 96.7 Å². The van der Waals surface area contributed by atoms with E-state index in [1.807, 2.05) is 122 Å². The van der Waals surface area contributed by atoms with Gasteiger partial charge in [-0.15, -0.1) is 32.9 Å². The maximum absolute atomic E-state index is 15.2. The number of hydrogen-bond donors (Lipinski definition) is 16. The van der Waals surface area contributed by atoms with E-state index in [0.29, 0.717) is 61.0 Å². The molecule has 5 aliphatic rings. The molecule has 14 amide bonds. The normalized spacial score (nSPS) is 24.8. The van der Waals surface area contributed by atoms with E-state index in [9.17, 15) is 67.1 Å². The molecule has 139 heavy (non-hydrogen) atoms. The van der Waals surface area contributed by atoms with Crippen molar-refractivity contribution in [2.24, 2.45) is 58.1 Å². The van der Waals surface area contributed by atoms with Crippen LogP contribution in [0.4, 0.5) is 0 Å². The van der Waals surface area contributed by atoms with Crippen LogP contribution in [-0.2, 0) is 89.6 Å². The van der Waals surface area contributed by atoms with Gasteiger partial charge in [0.15, 0.2) is 11.6 Å². The monoisotopic (exact) mass is 1940 g/mol. The van der Waals surface area contributed by atoms with Crippen LogP contribution in [0.15, 0.2) is 145 Å². The van der Waals surface area contributed by atoms with Gasteiger partial charge in [0.2, 0.25) is 82.7 Å². The molecule has 4 saturated heterocycles. The molecule has 42 heteroatoms. The Labute approximate surface area is 809 Å². The first-order chi connectivity index (χ1) is 66.7. The molecule has 0 unspecified atom stereocenters. The standard InChI is InChI=1S/C49H60N12O8S.C48H60N12O8S/c1-3-27(2)33-21-41(62)37(23-43(51)63)56-46(66)34(50)22-44(64)53-17-7-6-11-36(45(52)65)55-47(67)38(19-30-24-54-35-10-5-4-9-32(30)35)57-48(68)40-20-31(25-60(40)49(33)69)61-26-39(58-59-61)28-13-15-29(16-14-28)42-12-8-18-70-42;1-3-26(2)31-20-39(61)35(22-42(50)62)55-45(65)32(49)21-43(63)52-17-9-8-14-34(44(51)64)54-46(66)36(18-28-23-53-33-13-7-6-12-30(28)33)56-47(67)38-19-29(24-59(38)48(31)68)60-25-37(57-58-60)41-16-15-40(69-41)27-10-4-5-11-27/h4-5,8-10,12-16,18,24,26-27,31,33-34,36-38,40,54H,3,6-7,11,17,19-23,25,50H2,1-2H3,(H2,51,63)(H2,52,65)(H,53,64)(H,55,67)(H,56,66)(H,57,68);4-7,10,12-13,15-16,23,25-26,29,31-32,34-36,38,53H,3,8-9,11,14,17-22,24,49H2,1-2H3,(H2,50,62)(H2,51,64)(H,52,63)(H,54,66)(H,55,65)(H,56,67)/t27-,31-,33-,34-,36-,37-,38-,40-;26-,29-,31-,32-,34-,35-,36-,38-/m00/s1. The van der Waals surface area contributed by atoms with Crippen molar-refractivity contribution in [3.63, 3.8) is 0 Å². The van der Waals surface area contributed by atoms with Gasteiger partial charge in [0.25, 0.3) is 0 Å². The van der Waals surface area contributed by atoms with Crippen LogP contribution in [0.3, 0.4) is 0 Å². The number of nitrogens with one attached hydrogen (secondary N) is 10.